The zero-order valence-corrected chi connectivity index (χ0v) is 12.4. The second-order valence-corrected chi connectivity index (χ2v) is 5.51. The molecule has 0 spiro atoms. The van der Waals surface area contributed by atoms with Gasteiger partial charge in [0, 0.05) is 19.1 Å². The van der Waals surface area contributed by atoms with Gasteiger partial charge in [0.05, 0.1) is 0 Å². The van der Waals surface area contributed by atoms with Crippen LogP contribution in [0.4, 0.5) is 0 Å². The molecule has 1 aliphatic rings. The third-order valence-electron chi connectivity index (χ3n) is 4.06. The number of piperidine rings is 1. The van der Waals surface area contributed by atoms with Gasteiger partial charge in [0.1, 0.15) is 5.75 Å². The third kappa shape index (κ3) is 3.51. The van der Waals surface area contributed by atoms with Gasteiger partial charge in [-0.2, -0.15) is 0 Å². The van der Waals surface area contributed by atoms with Crippen molar-refractivity contribution in [1.29, 1.82) is 0 Å². The van der Waals surface area contributed by atoms with Crippen LogP contribution >= 0.6 is 0 Å². The summed E-state index contributed by atoms with van der Waals surface area (Å²) < 4.78 is 5.62. The zero-order chi connectivity index (χ0) is 14.5. The number of aryl methyl sites for hydroxylation is 2. The highest BCUT2D eigenvalue weighted by Crippen LogP contribution is 2.18. The lowest BCUT2D eigenvalue weighted by molar-refractivity contribution is -0.136. The van der Waals surface area contributed by atoms with Crippen molar-refractivity contribution in [2.45, 2.75) is 39.2 Å². The predicted octanol–water partition coefficient (Wildman–Crippen LogP) is 2.02. The Kier molecular flexibility index (Phi) is 5.01. The average molecular weight is 276 g/mol. The number of amides is 1. The molecular formula is C16H24N2O2. The molecule has 0 saturated carbocycles. The van der Waals surface area contributed by atoms with Gasteiger partial charge < -0.3 is 15.4 Å². The van der Waals surface area contributed by atoms with E-state index in [1.165, 1.54) is 11.1 Å². The first kappa shape index (κ1) is 14.9. The number of hydrogen-bond acceptors (Lipinski definition) is 3. The number of ether oxygens (including phenoxy) is 1. The lowest BCUT2D eigenvalue weighted by Gasteiger charge is -2.34. The van der Waals surface area contributed by atoms with Crippen LogP contribution in [0.1, 0.15) is 30.4 Å². The molecule has 1 fully saturated rings. The van der Waals surface area contributed by atoms with Crippen LogP contribution in [0.3, 0.4) is 0 Å². The van der Waals surface area contributed by atoms with Crippen molar-refractivity contribution in [2.24, 2.45) is 5.73 Å². The highest BCUT2D eigenvalue weighted by Gasteiger charge is 2.25. The van der Waals surface area contributed by atoms with E-state index in [-0.39, 0.29) is 18.6 Å². The molecule has 4 heteroatoms. The summed E-state index contributed by atoms with van der Waals surface area (Å²) in [6, 6.07) is 6.07. The molecule has 1 atom stereocenters. The molecule has 1 unspecified atom stereocenters. The van der Waals surface area contributed by atoms with Crippen LogP contribution in [0.5, 0.6) is 5.75 Å². The standard InChI is InChI=1S/C16H24N2O2/c1-12-6-7-15(9-13(12)2)20-11-16(19)18-8-4-3-5-14(18)10-17/h6-7,9,14H,3-5,8,10-11,17H2,1-2H3. The summed E-state index contributed by atoms with van der Waals surface area (Å²) >= 11 is 0. The van der Waals surface area contributed by atoms with E-state index < -0.39 is 0 Å². The predicted molar refractivity (Wildman–Crippen MR) is 79.8 cm³/mol. The Balaban J connectivity index is 1.92. The van der Waals surface area contributed by atoms with E-state index in [0.717, 1.165) is 31.6 Å². The number of benzene rings is 1. The first-order valence-corrected chi connectivity index (χ1v) is 7.31. The zero-order valence-electron chi connectivity index (χ0n) is 12.4. The molecule has 1 heterocycles. The van der Waals surface area contributed by atoms with E-state index in [1.54, 1.807) is 0 Å². The Morgan fingerprint density at radius 1 is 1.35 bits per heavy atom. The van der Waals surface area contributed by atoms with Crippen LogP contribution < -0.4 is 10.5 Å². The molecule has 0 aromatic heterocycles. The van der Waals surface area contributed by atoms with Crippen molar-refractivity contribution in [3.8, 4) is 5.75 Å². The van der Waals surface area contributed by atoms with E-state index in [2.05, 4.69) is 6.92 Å². The number of carbonyl (C=O) groups excluding carboxylic acids is 1. The number of rotatable bonds is 4. The summed E-state index contributed by atoms with van der Waals surface area (Å²) in [5, 5.41) is 0. The molecule has 2 rings (SSSR count). The maximum absolute atomic E-state index is 12.2. The van der Waals surface area contributed by atoms with Gasteiger partial charge in [-0.15, -0.1) is 0 Å². The van der Waals surface area contributed by atoms with Crippen molar-refractivity contribution in [1.82, 2.24) is 4.90 Å². The molecule has 1 amide bonds. The summed E-state index contributed by atoms with van der Waals surface area (Å²) in [4.78, 5) is 14.1. The lowest BCUT2D eigenvalue weighted by Crippen LogP contribution is -2.49. The molecule has 0 radical (unpaired) electrons. The number of nitrogens with zero attached hydrogens (tertiary/aromatic N) is 1. The van der Waals surface area contributed by atoms with Gasteiger partial charge in [0.2, 0.25) is 0 Å². The van der Waals surface area contributed by atoms with Crippen LogP contribution in [0.25, 0.3) is 0 Å². The second-order valence-electron chi connectivity index (χ2n) is 5.51. The SMILES string of the molecule is Cc1ccc(OCC(=O)N2CCCCC2CN)cc1C. The van der Waals surface area contributed by atoms with Gasteiger partial charge in [-0.3, -0.25) is 4.79 Å². The normalized spacial score (nSPS) is 18.9. The van der Waals surface area contributed by atoms with Gasteiger partial charge in [-0.05, 0) is 56.4 Å². The molecule has 2 N–H and O–H groups in total. The average Bonchev–Trinajstić information content (AvgIpc) is 2.48. The number of likely N-dealkylation sites (tertiary alicyclic amines) is 1. The van der Waals surface area contributed by atoms with Crippen molar-refractivity contribution in [2.75, 3.05) is 19.7 Å². The van der Waals surface area contributed by atoms with E-state index >= 15 is 0 Å². The Labute approximate surface area is 120 Å². The molecule has 0 bridgehead atoms. The third-order valence-corrected chi connectivity index (χ3v) is 4.06. The van der Waals surface area contributed by atoms with E-state index in [9.17, 15) is 4.79 Å². The van der Waals surface area contributed by atoms with E-state index in [1.807, 2.05) is 30.0 Å². The fourth-order valence-electron chi connectivity index (χ4n) is 2.61. The van der Waals surface area contributed by atoms with Crippen LogP contribution in [0.2, 0.25) is 0 Å². The largest absolute Gasteiger partial charge is 0.484 e. The summed E-state index contributed by atoms with van der Waals surface area (Å²) in [6.45, 7) is 5.54. The molecule has 1 aromatic rings. The summed E-state index contributed by atoms with van der Waals surface area (Å²) in [5.41, 5.74) is 8.14. The number of hydrogen-bond donors (Lipinski definition) is 1. The monoisotopic (exact) mass is 276 g/mol. The van der Waals surface area contributed by atoms with Crippen molar-refractivity contribution in [3.05, 3.63) is 29.3 Å². The van der Waals surface area contributed by atoms with Crippen LogP contribution in [0, 0.1) is 13.8 Å². The molecule has 1 aliphatic heterocycles. The topological polar surface area (TPSA) is 55.6 Å². The summed E-state index contributed by atoms with van der Waals surface area (Å²) in [7, 11) is 0. The molecule has 1 saturated heterocycles. The molecule has 4 nitrogen and oxygen atoms in total. The van der Waals surface area contributed by atoms with Crippen molar-refractivity contribution >= 4 is 5.91 Å². The van der Waals surface area contributed by atoms with E-state index in [4.69, 9.17) is 10.5 Å². The fourth-order valence-corrected chi connectivity index (χ4v) is 2.61. The summed E-state index contributed by atoms with van der Waals surface area (Å²) in [5.74, 6) is 0.793. The minimum atomic E-state index is 0.0402. The second kappa shape index (κ2) is 6.75. The Morgan fingerprint density at radius 3 is 2.85 bits per heavy atom. The smallest absolute Gasteiger partial charge is 0.260 e. The lowest BCUT2D eigenvalue weighted by atomic mass is 10.0. The maximum Gasteiger partial charge on any atom is 0.260 e. The van der Waals surface area contributed by atoms with Gasteiger partial charge in [0.15, 0.2) is 6.61 Å². The minimum Gasteiger partial charge on any atom is -0.484 e. The summed E-state index contributed by atoms with van der Waals surface area (Å²) in [6.07, 6.45) is 3.22. The first-order valence-electron chi connectivity index (χ1n) is 7.31. The molecule has 1 aromatic carbocycles. The highest BCUT2D eigenvalue weighted by atomic mass is 16.5. The van der Waals surface area contributed by atoms with Gasteiger partial charge in [-0.25, -0.2) is 0 Å². The quantitative estimate of drug-likeness (QED) is 0.915. The minimum absolute atomic E-state index is 0.0402. The van der Waals surface area contributed by atoms with E-state index in [0.29, 0.717) is 6.54 Å². The first-order chi connectivity index (χ1) is 9.61. The van der Waals surface area contributed by atoms with Crippen LogP contribution in [-0.2, 0) is 4.79 Å². The van der Waals surface area contributed by atoms with Gasteiger partial charge in [-0.1, -0.05) is 6.07 Å². The maximum atomic E-state index is 12.2. The molecule has 110 valence electrons. The highest BCUT2D eigenvalue weighted by molar-refractivity contribution is 5.78. The van der Waals surface area contributed by atoms with Crippen molar-refractivity contribution < 1.29 is 9.53 Å². The molecule has 20 heavy (non-hydrogen) atoms. The molecular weight excluding hydrogens is 252 g/mol. The Hall–Kier alpha value is -1.55. The van der Waals surface area contributed by atoms with Crippen molar-refractivity contribution in [3.63, 3.8) is 0 Å². The molecule has 0 aliphatic carbocycles. The Morgan fingerprint density at radius 2 is 2.15 bits per heavy atom. The van der Waals surface area contributed by atoms with Gasteiger partial charge >= 0.3 is 0 Å². The van der Waals surface area contributed by atoms with Crippen LogP contribution in [0.15, 0.2) is 18.2 Å². The number of carbonyl (C=O) groups is 1. The fraction of sp³-hybridized carbons (Fsp3) is 0.562. The van der Waals surface area contributed by atoms with Gasteiger partial charge in [0.25, 0.3) is 5.91 Å². The van der Waals surface area contributed by atoms with Crippen LogP contribution in [-0.4, -0.2) is 36.5 Å². The number of nitrogens with two attached hydrogens (primary N) is 1. The Bertz CT molecular complexity index is 474.